The summed E-state index contributed by atoms with van der Waals surface area (Å²) in [6.07, 6.45) is 1.61. The maximum Gasteiger partial charge on any atom is 0.189 e. The van der Waals surface area contributed by atoms with Gasteiger partial charge in [0.1, 0.15) is 11.7 Å². The second-order valence-electron chi connectivity index (χ2n) is 5.43. The average Bonchev–Trinajstić information content (AvgIpc) is 3.05. The Morgan fingerprint density at radius 1 is 1.22 bits per heavy atom. The molecule has 114 valence electrons. The number of halogens is 1. The highest BCUT2D eigenvalue weighted by atomic mass is 35.5. The number of para-hydroxylation sites is 1. The molecule has 2 heterocycles. The first-order valence-electron chi connectivity index (χ1n) is 7.42. The summed E-state index contributed by atoms with van der Waals surface area (Å²) >= 11 is 5.97. The molecule has 0 fully saturated rings. The number of ketones is 1. The zero-order chi connectivity index (χ0) is 15.8. The third-order valence-electron chi connectivity index (χ3n) is 3.94. The lowest BCUT2D eigenvalue weighted by atomic mass is 10.1. The van der Waals surface area contributed by atoms with Gasteiger partial charge in [-0.1, -0.05) is 35.9 Å². The Morgan fingerprint density at radius 3 is 2.96 bits per heavy atom. The van der Waals surface area contributed by atoms with E-state index >= 15 is 0 Å². The van der Waals surface area contributed by atoms with E-state index in [-0.39, 0.29) is 5.78 Å². The molecule has 0 saturated heterocycles. The van der Waals surface area contributed by atoms with Crippen LogP contribution in [0.1, 0.15) is 15.9 Å². The summed E-state index contributed by atoms with van der Waals surface area (Å²) < 4.78 is 0. The largest absolute Gasteiger partial charge is 0.341 e. The number of hydrogen-bond donors (Lipinski definition) is 1. The molecule has 0 spiro atoms. The molecule has 0 atom stereocenters. The van der Waals surface area contributed by atoms with Gasteiger partial charge in [-0.3, -0.25) is 9.79 Å². The zero-order valence-electron chi connectivity index (χ0n) is 12.3. The van der Waals surface area contributed by atoms with Crippen LogP contribution in [0.3, 0.4) is 0 Å². The predicted molar refractivity (Wildman–Crippen MR) is 92.0 cm³/mol. The monoisotopic (exact) mass is 323 g/mol. The van der Waals surface area contributed by atoms with Crippen LogP contribution in [0, 0.1) is 0 Å². The summed E-state index contributed by atoms with van der Waals surface area (Å²) in [7, 11) is 0. The van der Waals surface area contributed by atoms with Crippen LogP contribution >= 0.6 is 11.6 Å². The summed E-state index contributed by atoms with van der Waals surface area (Å²) in [5.41, 5.74) is 2.61. The van der Waals surface area contributed by atoms with Gasteiger partial charge in [0.2, 0.25) is 0 Å². The SMILES string of the molecule is O=C(/C=C1\Nc2ccccc2C2=NCCN21)c1cccc(Cl)c1. The van der Waals surface area contributed by atoms with Gasteiger partial charge in [-0.25, -0.2) is 0 Å². The Labute approximate surface area is 139 Å². The molecule has 0 aliphatic carbocycles. The lowest BCUT2D eigenvalue weighted by Crippen LogP contribution is -2.36. The third kappa shape index (κ3) is 2.51. The number of benzene rings is 2. The van der Waals surface area contributed by atoms with Crippen LogP contribution in [0.2, 0.25) is 5.02 Å². The van der Waals surface area contributed by atoms with Gasteiger partial charge in [-0.15, -0.1) is 0 Å². The number of amidine groups is 1. The first-order valence-corrected chi connectivity index (χ1v) is 7.80. The van der Waals surface area contributed by atoms with E-state index in [0.717, 1.165) is 36.0 Å². The molecule has 0 saturated carbocycles. The van der Waals surface area contributed by atoms with Crippen LogP contribution in [0.4, 0.5) is 5.69 Å². The first-order chi connectivity index (χ1) is 11.2. The van der Waals surface area contributed by atoms with E-state index < -0.39 is 0 Å². The van der Waals surface area contributed by atoms with E-state index in [2.05, 4.69) is 10.3 Å². The van der Waals surface area contributed by atoms with Gasteiger partial charge in [0.15, 0.2) is 5.78 Å². The fourth-order valence-electron chi connectivity index (χ4n) is 2.87. The highest BCUT2D eigenvalue weighted by Gasteiger charge is 2.29. The molecular formula is C18H14ClN3O. The minimum atomic E-state index is -0.0827. The van der Waals surface area contributed by atoms with Crippen LogP contribution in [-0.4, -0.2) is 29.6 Å². The quantitative estimate of drug-likeness (QED) is 0.679. The van der Waals surface area contributed by atoms with E-state index in [4.69, 9.17) is 11.6 Å². The Balaban J connectivity index is 1.72. The van der Waals surface area contributed by atoms with Crippen molar-refractivity contribution in [1.82, 2.24) is 4.90 Å². The highest BCUT2D eigenvalue weighted by molar-refractivity contribution is 6.31. The second-order valence-corrected chi connectivity index (χ2v) is 5.87. The number of nitrogens with zero attached hydrogens (tertiary/aromatic N) is 2. The van der Waals surface area contributed by atoms with E-state index in [1.165, 1.54) is 0 Å². The summed E-state index contributed by atoms with van der Waals surface area (Å²) in [5.74, 6) is 1.59. The number of nitrogens with one attached hydrogen (secondary N) is 1. The number of allylic oxidation sites excluding steroid dienone is 1. The van der Waals surface area contributed by atoms with Crippen molar-refractivity contribution in [2.45, 2.75) is 0 Å². The lowest BCUT2D eigenvalue weighted by molar-refractivity contribution is 0.104. The molecule has 2 aliphatic rings. The summed E-state index contributed by atoms with van der Waals surface area (Å²) in [6, 6.07) is 15.0. The van der Waals surface area contributed by atoms with E-state index in [0.29, 0.717) is 10.6 Å². The van der Waals surface area contributed by atoms with Gasteiger partial charge in [0.25, 0.3) is 0 Å². The molecule has 2 aromatic rings. The predicted octanol–water partition coefficient (Wildman–Crippen LogP) is 3.55. The van der Waals surface area contributed by atoms with E-state index in [1.54, 1.807) is 30.3 Å². The van der Waals surface area contributed by atoms with Crippen molar-refractivity contribution in [3.63, 3.8) is 0 Å². The smallest absolute Gasteiger partial charge is 0.189 e. The maximum absolute atomic E-state index is 12.5. The Bertz CT molecular complexity index is 857. The van der Waals surface area contributed by atoms with Gasteiger partial charge in [-0.2, -0.15) is 0 Å². The molecule has 0 radical (unpaired) electrons. The van der Waals surface area contributed by atoms with Crippen molar-refractivity contribution in [3.05, 3.63) is 76.6 Å². The van der Waals surface area contributed by atoms with Gasteiger partial charge < -0.3 is 10.2 Å². The van der Waals surface area contributed by atoms with Crippen LogP contribution in [0.5, 0.6) is 0 Å². The van der Waals surface area contributed by atoms with Gasteiger partial charge in [0, 0.05) is 28.8 Å². The molecule has 0 unspecified atom stereocenters. The topological polar surface area (TPSA) is 44.7 Å². The van der Waals surface area contributed by atoms with Crippen molar-refractivity contribution in [1.29, 1.82) is 0 Å². The molecule has 23 heavy (non-hydrogen) atoms. The number of aliphatic imine (C=N–C) groups is 1. The van der Waals surface area contributed by atoms with Crippen LogP contribution < -0.4 is 5.32 Å². The molecule has 0 aromatic heterocycles. The van der Waals surface area contributed by atoms with Crippen molar-refractivity contribution in [3.8, 4) is 0 Å². The standard InChI is InChI=1S/C18H14ClN3O/c19-13-5-3-4-12(10-13)16(23)11-17-21-15-7-2-1-6-14(15)18-20-8-9-22(17)18/h1-7,10-11,21H,8-9H2/b17-11+. The summed E-state index contributed by atoms with van der Waals surface area (Å²) in [4.78, 5) is 19.1. The van der Waals surface area contributed by atoms with Crippen molar-refractivity contribution < 1.29 is 4.79 Å². The molecule has 2 aliphatic heterocycles. The van der Waals surface area contributed by atoms with Gasteiger partial charge in [-0.05, 0) is 24.3 Å². The second kappa shape index (κ2) is 5.56. The normalized spacial score (nSPS) is 17.3. The number of carbonyl (C=O) groups excluding carboxylic acids is 1. The van der Waals surface area contributed by atoms with Gasteiger partial charge >= 0.3 is 0 Å². The van der Waals surface area contributed by atoms with E-state index in [1.807, 2.05) is 29.2 Å². The Morgan fingerprint density at radius 2 is 2.09 bits per heavy atom. The third-order valence-corrected chi connectivity index (χ3v) is 4.17. The fourth-order valence-corrected chi connectivity index (χ4v) is 3.06. The number of fused-ring (bicyclic) bond motifs is 3. The average molecular weight is 324 g/mol. The summed E-state index contributed by atoms with van der Waals surface area (Å²) in [6.45, 7) is 1.50. The lowest BCUT2D eigenvalue weighted by Gasteiger charge is -2.31. The molecule has 5 heteroatoms. The molecule has 4 nitrogen and oxygen atoms in total. The number of anilines is 1. The van der Waals surface area contributed by atoms with Gasteiger partial charge in [0.05, 0.1) is 12.2 Å². The van der Waals surface area contributed by atoms with E-state index in [9.17, 15) is 4.79 Å². The zero-order valence-corrected chi connectivity index (χ0v) is 13.0. The van der Waals surface area contributed by atoms with Crippen LogP contribution in [0.25, 0.3) is 0 Å². The maximum atomic E-state index is 12.5. The van der Waals surface area contributed by atoms with Crippen LogP contribution in [-0.2, 0) is 0 Å². The highest BCUT2D eigenvalue weighted by Crippen LogP contribution is 2.29. The fraction of sp³-hybridized carbons (Fsp3) is 0.111. The molecule has 4 rings (SSSR count). The van der Waals surface area contributed by atoms with Crippen LogP contribution in [0.15, 0.2) is 65.4 Å². The molecule has 0 bridgehead atoms. The van der Waals surface area contributed by atoms with Crippen molar-refractivity contribution in [2.24, 2.45) is 4.99 Å². The first kappa shape index (κ1) is 14.0. The summed E-state index contributed by atoms with van der Waals surface area (Å²) in [5, 5.41) is 3.89. The number of rotatable bonds is 2. The minimum absolute atomic E-state index is 0.0827. The number of hydrogen-bond acceptors (Lipinski definition) is 4. The van der Waals surface area contributed by atoms with Crippen molar-refractivity contribution in [2.75, 3.05) is 18.4 Å². The minimum Gasteiger partial charge on any atom is -0.341 e. The molecule has 1 N–H and O–H groups in total. The Kier molecular flexibility index (Phi) is 3.39. The Hall–Kier alpha value is -2.59. The number of carbonyl (C=O) groups is 1. The molecule has 0 amide bonds. The molecular weight excluding hydrogens is 310 g/mol. The van der Waals surface area contributed by atoms with Crippen molar-refractivity contribution >= 4 is 28.9 Å². The molecule has 2 aromatic carbocycles.